The maximum absolute atomic E-state index is 11.8. The third-order valence-corrected chi connectivity index (χ3v) is 8.44. The molecule has 0 atom stereocenters. The third kappa shape index (κ3) is 4.91. The topological polar surface area (TPSA) is 163 Å². The van der Waals surface area contributed by atoms with Gasteiger partial charge in [-0.15, -0.1) is 0 Å². The number of fused-ring (bicyclic) bond motifs is 2. The molecule has 3 aromatic heterocycles. The van der Waals surface area contributed by atoms with Crippen molar-refractivity contribution in [2.24, 2.45) is 5.73 Å². The van der Waals surface area contributed by atoms with E-state index in [1.54, 1.807) is 6.07 Å². The van der Waals surface area contributed by atoms with Crippen LogP contribution >= 0.6 is 11.6 Å². The fourth-order valence-electron chi connectivity index (χ4n) is 6.13. The number of anilines is 3. The van der Waals surface area contributed by atoms with E-state index in [1.807, 2.05) is 28.9 Å². The first-order chi connectivity index (χ1) is 20.4. The van der Waals surface area contributed by atoms with Gasteiger partial charge in [0.1, 0.15) is 23.4 Å². The lowest BCUT2D eigenvalue weighted by atomic mass is 9.90. The lowest BCUT2D eigenvalue weighted by molar-refractivity contribution is 0.00520. The minimum Gasteiger partial charge on any atom is -0.422 e. The molecular formula is C29H30ClN9O3. The monoisotopic (exact) mass is 587 g/mol. The lowest BCUT2D eigenvalue weighted by Gasteiger charge is -2.38. The second-order valence-corrected chi connectivity index (χ2v) is 11.2. The first kappa shape index (κ1) is 26.6. The highest BCUT2D eigenvalue weighted by atomic mass is 35.5. The highest BCUT2D eigenvalue weighted by molar-refractivity contribution is 6.32. The van der Waals surface area contributed by atoms with Crippen LogP contribution in [0.5, 0.6) is 0 Å². The number of carbonyl (C=O) groups excluding carboxylic acids is 1. The summed E-state index contributed by atoms with van der Waals surface area (Å²) in [6.07, 6.45) is 5.79. The van der Waals surface area contributed by atoms with Gasteiger partial charge in [0.15, 0.2) is 11.2 Å². The number of hydrogen-bond acceptors (Lipinski definition) is 10. The number of oxazole rings is 1. The van der Waals surface area contributed by atoms with Crippen molar-refractivity contribution in [1.82, 2.24) is 29.6 Å². The molecule has 216 valence electrons. The second kappa shape index (κ2) is 10.9. The smallest absolute Gasteiger partial charge is 0.300 e. The van der Waals surface area contributed by atoms with E-state index in [2.05, 4.69) is 25.2 Å². The Labute approximate surface area is 246 Å². The summed E-state index contributed by atoms with van der Waals surface area (Å²) in [4.78, 5) is 27.7. The minimum atomic E-state index is -0.644. The number of benzene rings is 2. The summed E-state index contributed by atoms with van der Waals surface area (Å²) in [6.45, 7) is 3.65. The highest BCUT2D eigenvalue weighted by Gasteiger charge is 2.30. The Hall–Kier alpha value is -4.26. The highest BCUT2D eigenvalue weighted by Crippen LogP contribution is 2.37. The number of hydrogen-bond donors (Lipinski definition) is 3. The van der Waals surface area contributed by atoms with Crippen molar-refractivity contribution in [3.05, 3.63) is 53.3 Å². The molecule has 0 bridgehead atoms. The molecule has 1 saturated heterocycles. The number of carbonyl (C=O) groups is 1. The van der Waals surface area contributed by atoms with Crippen LogP contribution in [0.4, 0.5) is 17.5 Å². The Morgan fingerprint density at radius 2 is 1.76 bits per heavy atom. The van der Waals surface area contributed by atoms with Crippen molar-refractivity contribution in [2.45, 2.75) is 37.8 Å². The third-order valence-electron chi connectivity index (χ3n) is 8.22. The SMILES string of the molecule is NC(=O)c1cc(Cl)cc2nc(Nc3ccc(-c4nn(C5CCC(N6CCOCC6)CC5)c5ncnc(N)c45)cc3)oc12. The quantitative estimate of drug-likeness (QED) is 0.257. The number of morpholine rings is 1. The molecule has 7 rings (SSSR count). The molecule has 13 heteroatoms. The zero-order valence-electron chi connectivity index (χ0n) is 22.8. The standard InChI is InChI=1S/C29H30ClN9O3/c30-17-13-21(27(32)40)25-22(14-17)36-29(42-25)35-18-3-1-16(2-4-18)24-23-26(31)33-15-34-28(23)39(37-24)20-7-5-19(6-8-20)38-9-11-41-12-10-38/h1-4,13-15,19-20H,5-12H2,(H2,32,40)(H,35,36)(H2,31,33,34). The molecule has 1 aliphatic carbocycles. The van der Waals surface area contributed by atoms with Gasteiger partial charge < -0.3 is 25.9 Å². The van der Waals surface area contributed by atoms with Crippen molar-refractivity contribution < 1.29 is 13.9 Å². The largest absolute Gasteiger partial charge is 0.422 e. The van der Waals surface area contributed by atoms with Gasteiger partial charge in [0.25, 0.3) is 11.9 Å². The molecule has 2 fully saturated rings. The molecule has 0 spiro atoms. The zero-order valence-corrected chi connectivity index (χ0v) is 23.5. The Bertz CT molecular complexity index is 1770. The van der Waals surface area contributed by atoms with Crippen LogP contribution in [-0.4, -0.2) is 67.9 Å². The normalized spacial score (nSPS) is 19.8. The van der Waals surface area contributed by atoms with E-state index in [4.69, 9.17) is 37.3 Å². The predicted octanol–water partition coefficient (Wildman–Crippen LogP) is 4.53. The molecule has 2 aromatic carbocycles. The Morgan fingerprint density at radius 3 is 2.50 bits per heavy atom. The summed E-state index contributed by atoms with van der Waals surface area (Å²) in [5.74, 6) is -0.240. The molecule has 0 radical (unpaired) electrons. The fraction of sp³-hybridized carbons (Fsp3) is 0.345. The summed E-state index contributed by atoms with van der Waals surface area (Å²) in [6, 6.07) is 11.8. The molecule has 1 amide bonds. The molecule has 4 heterocycles. The van der Waals surface area contributed by atoms with Crippen molar-refractivity contribution in [1.29, 1.82) is 0 Å². The number of rotatable bonds is 6. The van der Waals surface area contributed by atoms with Gasteiger partial charge in [0.2, 0.25) is 0 Å². The number of ether oxygens (including phenoxy) is 1. The first-order valence-corrected chi connectivity index (χ1v) is 14.4. The molecule has 42 heavy (non-hydrogen) atoms. The summed E-state index contributed by atoms with van der Waals surface area (Å²) >= 11 is 6.11. The molecule has 2 aliphatic rings. The maximum Gasteiger partial charge on any atom is 0.300 e. The van der Waals surface area contributed by atoms with Crippen LogP contribution in [0.1, 0.15) is 42.1 Å². The van der Waals surface area contributed by atoms with Gasteiger partial charge in [-0.1, -0.05) is 23.7 Å². The fourth-order valence-corrected chi connectivity index (χ4v) is 6.34. The average molecular weight is 588 g/mol. The van der Waals surface area contributed by atoms with Crippen LogP contribution in [0.25, 0.3) is 33.4 Å². The summed E-state index contributed by atoms with van der Waals surface area (Å²) in [5, 5.41) is 9.29. The van der Waals surface area contributed by atoms with Crippen molar-refractivity contribution >= 4 is 57.2 Å². The molecule has 1 saturated carbocycles. The van der Waals surface area contributed by atoms with Gasteiger partial charge in [-0.2, -0.15) is 10.1 Å². The average Bonchev–Trinajstić information content (AvgIpc) is 3.59. The van der Waals surface area contributed by atoms with E-state index in [-0.39, 0.29) is 23.2 Å². The molecule has 12 nitrogen and oxygen atoms in total. The van der Waals surface area contributed by atoms with Gasteiger partial charge in [-0.05, 0) is 49.9 Å². The van der Waals surface area contributed by atoms with Gasteiger partial charge in [-0.25, -0.2) is 14.6 Å². The summed E-state index contributed by atoms with van der Waals surface area (Å²) in [7, 11) is 0. The minimum absolute atomic E-state index is 0.172. The number of aromatic nitrogens is 5. The Kier molecular flexibility index (Phi) is 6.88. The number of primary amides is 1. The molecule has 1 aliphatic heterocycles. The van der Waals surface area contributed by atoms with Gasteiger partial charge >= 0.3 is 0 Å². The number of nitrogens with two attached hydrogens (primary N) is 2. The predicted molar refractivity (Wildman–Crippen MR) is 160 cm³/mol. The Morgan fingerprint density at radius 1 is 1.02 bits per heavy atom. The van der Waals surface area contributed by atoms with E-state index in [1.165, 1.54) is 12.4 Å². The number of amides is 1. The number of nitrogen functional groups attached to an aromatic ring is 1. The van der Waals surface area contributed by atoms with Crippen LogP contribution in [0.3, 0.4) is 0 Å². The van der Waals surface area contributed by atoms with E-state index in [0.29, 0.717) is 22.4 Å². The Balaban J connectivity index is 1.14. The maximum atomic E-state index is 11.8. The van der Waals surface area contributed by atoms with Gasteiger partial charge in [0, 0.05) is 35.4 Å². The summed E-state index contributed by atoms with van der Waals surface area (Å²) in [5.41, 5.74) is 15.8. The number of nitrogens with zero attached hydrogens (tertiary/aromatic N) is 6. The summed E-state index contributed by atoms with van der Waals surface area (Å²) < 4.78 is 13.4. The van der Waals surface area contributed by atoms with E-state index >= 15 is 0 Å². The molecule has 5 aromatic rings. The van der Waals surface area contributed by atoms with Crippen molar-refractivity contribution in [3.63, 3.8) is 0 Å². The molecular weight excluding hydrogens is 558 g/mol. The van der Waals surface area contributed by atoms with Gasteiger partial charge in [0.05, 0.1) is 30.2 Å². The van der Waals surface area contributed by atoms with Crippen LogP contribution in [0, 0.1) is 0 Å². The molecule has 0 unspecified atom stereocenters. The van der Waals surface area contributed by atoms with Crippen LogP contribution < -0.4 is 16.8 Å². The first-order valence-electron chi connectivity index (χ1n) is 14.0. The number of nitrogens with one attached hydrogen (secondary N) is 1. The zero-order chi connectivity index (χ0) is 28.8. The number of halogens is 1. The van der Waals surface area contributed by atoms with E-state index in [9.17, 15) is 4.79 Å². The van der Waals surface area contributed by atoms with E-state index < -0.39 is 5.91 Å². The van der Waals surface area contributed by atoms with Crippen molar-refractivity contribution in [3.8, 4) is 11.3 Å². The van der Waals surface area contributed by atoms with Gasteiger partial charge in [-0.3, -0.25) is 9.69 Å². The van der Waals surface area contributed by atoms with Crippen LogP contribution in [-0.2, 0) is 4.74 Å². The molecule has 5 N–H and O–H groups in total. The van der Waals surface area contributed by atoms with Crippen LogP contribution in [0.2, 0.25) is 5.02 Å². The van der Waals surface area contributed by atoms with E-state index in [0.717, 1.165) is 80.0 Å². The lowest BCUT2D eigenvalue weighted by Crippen LogP contribution is -2.45. The van der Waals surface area contributed by atoms with Crippen molar-refractivity contribution in [2.75, 3.05) is 37.4 Å². The second-order valence-electron chi connectivity index (χ2n) is 10.7. The van der Waals surface area contributed by atoms with Crippen LogP contribution in [0.15, 0.2) is 47.1 Å².